The number of carbonyl (C=O) groups is 1. The number of nitrogens with zero attached hydrogens (tertiary/aromatic N) is 2. The smallest absolute Gasteiger partial charge is 0.277 e. The number of nitrogens with one attached hydrogen (secondary N) is 1. The van der Waals surface area contributed by atoms with Gasteiger partial charge in [0.25, 0.3) is 11.1 Å². The predicted octanol–water partition coefficient (Wildman–Crippen LogP) is 3.27. The molecule has 0 spiro atoms. The Labute approximate surface area is 133 Å². The van der Waals surface area contributed by atoms with Crippen molar-refractivity contribution in [2.24, 2.45) is 0 Å². The van der Waals surface area contributed by atoms with Crippen molar-refractivity contribution >= 4 is 40.3 Å². The fourth-order valence-corrected chi connectivity index (χ4v) is 3.43. The molecule has 3 aromatic rings. The number of thiophene rings is 2. The Morgan fingerprint density at radius 1 is 1.24 bits per heavy atom. The Morgan fingerprint density at radius 3 is 2.86 bits per heavy atom. The minimum Gasteiger partial charge on any atom is -0.410 e. The molecule has 0 aromatic carbocycles. The lowest BCUT2D eigenvalue weighted by molar-refractivity contribution is -0.118. The van der Waals surface area contributed by atoms with Gasteiger partial charge in [-0.1, -0.05) is 23.9 Å². The third-order valence-corrected chi connectivity index (χ3v) is 5.06. The third-order valence-electron chi connectivity index (χ3n) is 2.51. The Kier molecular flexibility index (Phi) is 4.69. The maximum absolute atomic E-state index is 11.7. The van der Waals surface area contributed by atoms with Crippen LogP contribution in [0.1, 0.15) is 4.88 Å². The first kappa shape index (κ1) is 14.3. The summed E-state index contributed by atoms with van der Waals surface area (Å²) in [4.78, 5) is 13.8. The third kappa shape index (κ3) is 3.93. The highest BCUT2D eigenvalue weighted by atomic mass is 32.2. The monoisotopic (exact) mass is 337 g/mol. The van der Waals surface area contributed by atoms with E-state index in [0.717, 1.165) is 9.75 Å². The van der Waals surface area contributed by atoms with Crippen molar-refractivity contribution < 1.29 is 9.21 Å². The van der Waals surface area contributed by atoms with E-state index < -0.39 is 0 Å². The average molecular weight is 337 g/mol. The summed E-state index contributed by atoms with van der Waals surface area (Å²) in [5.41, 5.74) is 0. The van der Waals surface area contributed by atoms with E-state index in [9.17, 15) is 4.79 Å². The molecule has 1 amide bonds. The number of aromatic nitrogens is 2. The number of hydrogen-bond acceptors (Lipinski definition) is 7. The van der Waals surface area contributed by atoms with Crippen molar-refractivity contribution in [2.45, 2.75) is 11.8 Å². The van der Waals surface area contributed by atoms with Crippen LogP contribution in [-0.4, -0.2) is 21.9 Å². The van der Waals surface area contributed by atoms with Crippen molar-refractivity contribution in [1.29, 1.82) is 0 Å². The van der Waals surface area contributed by atoms with Gasteiger partial charge < -0.3 is 9.73 Å². The first-order chi connectivity index (χ1) is 10.3. The topological polar surface area (TPSA) is 68.0 Å². The molecule has 0 bridgehead atoms. The van der Waals surface area contributed by atoms with Crippen molar-refractivity contribution in [1.82, 2.24) is 15.5 Å². The van der Waals surface area contributed by atoms with Gasteiger partial charge in [-0.05, 0) is 22.9 Å². The normalized spacial score (nSPS) is 10.7. The number of thioether (sulfide) groups is 1. The molecule has 108 valence electrons. The summed E-state index contributed by atoms with van der Waals surface area (Å²) in [6, 6.07) is 7.80. The van der Waals surface area contributed by atoms with Crippen molar-refractivity contribution in [3.63, 3.8) is 0 Å². The molecule has 0 saturated carbocycles. The molecule has 3 heterocycles. The second-order valence-electron chi connectivity index (χ2n) is 4.00. The molecule has 0 aliphatic rings. The first-order valence-electron chi connectivity index (χ1n) is 6.10. The maximum Gasteiger partial charge on any atom is 0.277 e. The standard InChI is InChI=1S/C13H11N3O2S3/c17-11(14-7-9-3-1-5-19-9)8-21-13-16-15-12(18-13)10-4-2-6-20-10/h1-6H,7-8H2,(H,14,17). The van der Waals surface area contributed by atoms with Gasteiger partial charge in [0.1, 0.15) is 0 Å². The minimum absolute atomic E-state index is 0.0516. The predicted molar refractivity (Wildman–Crippen MR) is 84.5 cm³/mol. The summed E-state index contributed by atoms with van der Waals surface area (Å²) in [5.74, 6) is 0.702. The van der Waals surface area contributed by atoms with E-state index >= 15 is 0 Å². The molecule has 21 heavy (non-hydrogen) atoms. The van der Waals surface area contributed by atoms with E-state index in [0.29, 0.717) is 17.7 Å². The maximum atomic E-state index is 11.7. The summed E-state index contributed by atoms with van der Waals surface area (Å²) >= 11 is 4.40. The zero-order chi connectivity index (χ0) is 14.5. The summed E-state index contributed by atoms with van der Waals surface area (Å²) < 4.78 is 5.50. The molecule has 3 aromatic heterocycles. The first-order valence-corrected chi connectivity index (χ1v) is 8.85. The highest BCUT2D eigenvalue weighted by Gasteiger charge is 2.11. The van der Waals surface area contributed by atoms with Crippen LogP contribution in [0, 0.1) is 0 Å². The van der Waals surface area contributed by atoms with Gasteiger partial charge >= 0.3 is 0 Å². The molecule has 1 N–H and O–H groups in total. The van der Waals surface area contributed by atoms with Crippen LogP contribution in [0.25, 0.3) is 10.8 Å². The van der Waals surface area contributed by atoms with Crippen molar-refractivity contribution in [2.75, 3.05) is 5.75 Å². The summed E-state index contributed by atoms with van der Waals surface area (Å²) in [5, 5.41) is 15.1. The second-order valence-corrected chi connectivity index (χ2v) is 6.90. The van der Waals surface area contributed by atoms with E-state index in [2.05, 4.69) is 15.5 Å². The number of carbonyl (C=O) groups excluding carboxylic acids is 1. The van der Waals surface area contributed by atoms with Gasteiger partial charge in [-0.15, -0.1) is 32.9 Å². The SMILES string of the molecule is O=C(CSc1nnc(-c2cccs2)o1)NCc1cccs1. The van der Waals surface area contributed by atoms with Gasteiger partial charge in [0.15, 0.2) is 0 Å². The molecule has 5 nitrogen and oxygen atoms in total. The van der Waals surface area contributed by atoms with Gasteiger partial charge in [-0.3, -0.25) is 4.79 Å². The highest BCUT2D eigenvalue weighted by Crippen LogP contribution is 2.26. The molecule has 0 aliphatic carbocycles. The van der Waals surface area contributed by atoms with Gasteiger partial charge in [-0.25, -0.2) is 0 Å². The zero-order valence-corrected chi connectivity index (χ0v) is 13.3. The zero-order valence-electron chi connectivity index (χ0n) is 10.8. The van der Waals surface area contributed by atoms with Crippen molar-refractivity contribution in [3.8, 4) is 10.8 Å². The van der Waals surface area contributed by atoms with Crippen LogP contribution in [-0.2, 0) is 11.3 Å². The number of rotatable bonds is 6. The van der Waals surface area contributed by atoms with Crippen LogP contribution >= 0.6 is 34.4 Å². The van der Waals surface area contributed by atoms with Crippen molar-refractivity contribution in [3.05, 3.63) is 39.9 Å². The van der Waals surface area contributed by atoms with Crippen LogP contribution in [0.15, 0.2) is 44.7 Å². The minimum atomic E-state index is -0.0516. The number of amides is 1. The molecular formula is C13H11N3O2S3. The quantitative estimate of drug-likeness (QED) is 0.699. The van der Waals surface area contributed by atoms with E-state index in [1.54, 1.807) is 11.3 Å². The van der Waals surface area contributed by atoms with Crippen LogP contribution in [0.2, 0.25) is 0 Å². The van der Waals surface area contributed by atoms with E-state index in [4.69, 9.17) is 4.42 Å². The van der Waals surface area contributed by atoms with Crippen LogP contribution in [0.5, 0.6) is 0 Å². The average Bonchev–Trinajstić information content (AvgIpc) is 3.24. The molecule has 0 aliphatic heterocycles. The lowest BCUT2D eigenvalue weighted by atomic mass is 10.4. The molecule has 0 saturated heterocycles. The summed E-state index contributed by atoms with van der Waals surface area (Å²) in [6.45, 7) is 0.557. The summed E-state index contributed by atoms with van der Waals surface area (Å²) in [7, 11) is 0. The molecule has 0 fully saturated rings. The molecule has 0 atom stereocenters. The molecular weight excluding hydrogens is 326 g/mol. The van der Waals surface area contributed by atoms with Crippen LogP contribution < -0.4 is 5.32 Å². The largest absolute Gasteiger partial charge is 0.410 e. The van der Waals surface area contributed by atoms with Crippen LogP contribution in [0.4, 0.5) is 0 Å². The van der Waals surface area contributed by atoms with Gasteiger partial charge in [0, 0.05) is 4.88 Å². The van der Waals surface area contributed by atoms with Gasteiger partial charge in [0.05, 0.1) is 17.2 Å². The Balaban J connectivity index is 1.47. The number of hydrogen-bond donors (Lipinski definition) is 1. The van der Waals surface area contributed by atoms with Crippen LogP contribution in [0.3, 0.4) is 0 Å². The fourth-order valence-electron chi connectivity index (χ4n) is 1.55. The molecule has 0 radical (unpaired) electrons. The lowest BCUT2D eigenvalue weighted by Crippen LogP contribution is -2.24. The second kappa shape index (κ2) is 6.88. The van der Waals surface area contributed by atoms with E-state index in [1.165, 1.54) is 23.1 Å². The van der Waals surface area contributed by atoms with E-state index in [1.807, 2.05) is 35.0 Å². The van der Waals surface area contributed by atoms with Gasteiger partial charge in [0.2, 0.25) is 5.91 Å². The molecule has 3 rings (SSSR count). The Bertz CT molecular complexity index is 692. The Hall–Kier alpha value is -1.64. The Morgan fingerprint density at radius 2 is 2.10 bits per heavy atom. The molecule has 0 unspecified atom stereocenters. The summed E-state index contributed by atoms with van der Waals surface area (Å²) in [6.07, 6.45) is 0. The highest BCUT2D eigenvalue weighted by molar-refractivity contribution is 7.99. The lowest BCUT2D eigenvalue weighted by Gasteiger charge is -2.01. The van der Waals surface area contributed by atoms with Gasteiger partial charge in [-0.2, -0.15) is 0 Å². The molecule has 8 heteroatoms. The van der Waals surface area contributed by atoms with E-state index in [-0.39, 0.29) is 11.7 Å². The fraction of sp³-hybridized carbons (Fsp3) is 0.154.